The molecular formula is C8H13N3O2. The monoisotopic (exact) mass is 183 g/mol. The third kappa shape index (κ3) is 3.23. The lowest BCUT2D eigenvalue weighted by Gasteiger charge is -1.87. The highest BCUT2D eigenvalue weighted by Crippen LogP contribution is 2.02. The molecule has 0 radical (unpaired) electrons. The van der Waals surface area contributed by atoms with Crippen molar-refractivity contribution < 1.29 is 9.32 Å². The van der Waals surface area contributed by atoms with Crippen molar-refractivity contribution in [3.63, 3.8) is 0 Å². The van der Waals surface area contributed by atoms with Gasteiger partial charge in [-0.05, 0) is 6.42 Å². The molecule has 1 amide bonds. The smallest absolute Gasteiger partial charge is 0.236 e. The van der Waals surface area contributed by atoms with E-state index in [9.17, 15) is 4.79 Å². The zero-order valence-electron chi connectivity index (χ0n) is 7.62. The number of unbranched alkanes of at least 4 members (excludes halogenated alkanes) is 1. The van der Waals surface area contributed by atoms with Crippen LogP contribution in [-0.2, 0) is 17.6 Å². The zero-order valence-corrected chi connectivity index (χ0v) is 7.62. The lowest BCUT2D eigenvalue weighted by Crippen LogP contribution is -2.13. The number of carbonyl (C=O) groups excluding carboxylic acids is 1. The number of primary amides is 1. The normalized spacial score (nSPS) is 10.2. The van der Waals surface area contributed by atoms with Crippen LogP contribution < -0.4 is 5.73 Å². The molecule has 1 rings (SSSR count). The fourth-order valence-corrected chi connectivity index (χ4v) is 0.947. The molecular weight excluding hydrogens is 170 g/mol. The van der Waals surface area contributed by atoms with Crippen molar-refractivity contribution in [1.29, 1.82) is 0 Å². The number of hydrogen-bond acceptors (Lipinski definition) is 4. The predicted octanol–water partition coefficient (Wildman–Crippen LogP) is 0.440. The predicted molar refractivity (Wildman–Crippen MR) is 45.8 cm³/mol. The van der Waals surface area contributed by atoms with E-state index >= 15 is 0 Å². The van der Waals surface area contributed by atoms with E-state index in [0.29, 0.717) is 11.7 Å². The number of hydrogen-bond donors (Lipinski definition) is 1. The van der Waals surface area contributed by atoms with E-state index in [-0.39, 0.29) is 6.42 Å². The van der Waals surface area contributed by atoms with Crippen LogP contribution >= 0.6 is 0 Å². The maximum Gasteiger partial charge on any atom is 0.236 e. The van der Waals surface area contributed by atoms with E-state index in [4.69, 9.17) is 10.3 Å². The molecule has 0 fully saturated rings. The number of nitrogens with zero attached hydrogens (tertiary/aromatic N) is 2. The minimum atomic E-state index is -0.453. The molecule has 0 saturated carbocycles. The van der Waals surface area contributed by atoms with E-state index in [2.05, 4.69) is 17.1 Å². The first-order valence-corrected chi connectivity index (χ1v) is 4.32. The summed E-state index contributed by atoms with van der Waals surface area (Å²) in [6.45, 7) is 2.09. The van der Waals surface area contributed by atoms with Crippen molar-refractivity contribution >= 4 is 5.91 Å². The third-order valence-electron chi connectivity index (χ3n) is 1.59. The Labute approximate surface area is 76.3 Å². The summed E-state index contributed by atoms with van der Waals surface area (Å²) in [4.78, 5) is 14.5. The topological polar surface area (TPSA) is 82.0 Å². The van der Waals surface area contributed by atoms with Crippen LogP contribution in [0.5, 0.6) is 0 Å². The van der Waals surface area contributed by atoms with Gasteiger partial charge in [-0.3, -0.25) is 4.79 Å². The summed E-state index contributed by atoms with van der Waals surface area (Å²) >= 11 is 0. The van der Waals surface area contributed by atoms with Crippen molar-refractivity contribution in [2.24, 2.45) is 5.73 Å². The molecule has 72 valence electrons. The summed E-state index contributed by atoms with van der Waals surface area (Å²) in [5, 5.41) is 3.71. The van der Waals surface area contributed by atoms with Crippen molar-refractivity contribution in [2.75, 3.05) is 0 Å². The van der Waals surface area contributed by atoms with E-state index in [1.807, 2.05) is 0 Å². The van der Waals surface area contributed by atoms with E-state index < -0.39 is 5.91 Å². The standard InChI is InChI=1S/C8H13N3O2/c1-2-3-4-7-10-8(13-11-7)5-6(9)12/h2-5H2,1H3,(H2,9,12). The zero-order chi connectivity index (χ0) is 9.68. The average molecular weight is 183 g/mol. The van der Waals surface area contributed by atoms with Gasteiger partial charge in [0.1, 0.15) is 6.42 Å². The Bertz CT molecular complexity index is 283. The van der Waals surface area contributed by atoms with Crippen LogP contribution in [0.3, 0.4) is 0 Å². The molecule has 1 heterocycles. The van der Waals surface area contributed by atoms with Crippen LogP contribution in [0.4, 0.5) is 0 Å². The van der Waals surface area contributed by atoms with E-state index in [1.54, 1.807) is 0 Å². The maximum atomic E-state index is 10.5. The summed E-state index contributed by atoms with van der Waals surface area (Å²) in [5.41, 5.74) is 4.97. The minimum absolute atomic E-state index is 0.0269. The van der Waals surface area contributed by atoms with Crippen LogP contribution in [0.1, 0.15) is 31.5 Å². The molecule has 0 spiro atoms. The molecule has 0 atom stereocenters. The van der Waals surface area contributed by atoms with Gasteiger partial charge in [0.2, 0.25) is 11.8 Å². The quantitative estimate of drug-likeness (QED) is 0.718. The molecule has 2 N–H and O–H groups in total. The maximum absolute atomic E-state index is 10.5. The molecule has 1 aromatic rings. The number of nitrogens with two attached hydrogens (primary N) is 1. The fourth-order valence-electron chi connectivity index (χ4n) is 0.947. The molecule has 0 bridgehead atoms. The van der Waals surface area contributed by atoms with Crippen LogP contribution in [0, 0.1) is 0 Å². The highest BCUT2D eigenvalue weighted by atomic mass is 16.5. The molecule has 13 heavy (non-hydrogen) atoms. The highest BCUT2D eigenvalue weighted by molar-refractivity contribution is 5.75. The summed E-state index contributed by atoms with van der Waals surface area (Å²) in [7, 11) is 0. The second kappa shape index (κ2) is 4.59. The molecule has 0 unspecified atom stereocenters. The first-order valence-electron chi connectivity index (χ1n) is 4.32. The minimum Gasteiger partial charge on any atom is -0.369 e. The fraction of sp³-hybridized carbons (Fsp3) is 0.625. The van der Waals surface area contributed by atoms with Gasteiger partial charge in [-0.25, -0.2) is 0 Å². The second-order valence-electron chi connectivity index (χ2n) is 2.85. The molecule has 5 nitrogen and oxygen atoms in total. The Kier molecular flexibility index (Phi) is 3.42. The van der Waals surface area contributed by atoms with Crippen molar-refractivity contribution in [3.05, 3.63) is 11.7 Å². The van der Waals surface area contributed by atoms with Crippen LogP contribution in [0.25, 0.3) is 0 Å². The Morgan fingerprint density at radius 1 is 1.62 bits per heavy atom. The Morgan fingerprint density at radius 2 is 2.38 bits per heavy atom. The van der Waals surface area contributed by atoms with Gasteiger partial charge in [-0.1, -0.05) is 18.5 Å². The Balaban J connectivity index is 2.48. The summed E-state index contributed by atoms with van der Waals surface area (Å²) in [6.07, 6.45) is 2.92. The van der Waals surface area contributed by atoms with Crippen LogP contribution in [-0.4, -0.2) is 16.0 Å². The summed E-state index contributed by atoms with van der Waals surface area (Å²) in [5.74, 6) is 0.502. The van der Waals surface area contributed by atoms with Gasteiger partial charge in [-0.15, -0.1) is 0 Å². The van der Waals surface area contributed by atoms with Crippen molar-refractivity contribution in [2.45, 2.75) is 32.6 Å². The molecule has 0 saturated heterocycles. The molecule has 0 aromatic carbocycles. The van der Waals surface area contributed by atoms with Gasteiger partial charge >= 0.3 is 0 Å². The van der Waals surface area contributed by atoms with Crippen LogP contribution in [0.2, 0.25) is 0 Å². The van der Waals surface area contributed by atoms with Gasteiger partial charge in [0.15, 0.2) is 5.82 Å². The van der Waals surface area contributed by atoms with Gasteiger partial charge < -0.3 is 10.3 Å². The lowest BCUT2D eigenvalue weighted by atomic mass is 10.2. The number of aromatic nitrogens is 2. The summed E-state index contributed by atoms with van der Waals surface area (Å²) in [6, 6.07) is 0. The Morgan fingerprint density at radius 3 is 3.00 bits per heavy atom. The van der Waals surface area contributed by atoms with Crippen LogP contribution in [0.15, 0.2) is 4.52 Å². The number of carbonyl (C=O) groups is 1. The Hall–Kier alpha value is -1.39. The lowest BCUT2D eigenvalue weighted by molar-refractivity contribution is -0.117. The number of amides is 1. The van der Waals surface area contributed by atoms with Gasteiger partial charge in [0.25, 0.3) is 0 Å². The first-order chi connectivity index (χ1) is 6.22. The van der Waals surface area contributed by atoms with Gasteiger partial charge in [0.05, 0.1) is 0 Å². The highest BCUT2D eigenvalue weighted by Gasteiger charge is 2.07. The molecule has 0 aliphatic heterocycles. The first kappa shape index (κ1) is 9.70. The average Bonchev–Trinajstić information content (AvgIpc) is 2.48. The second-order valence-corrected chi connectivity index (χ2v) is 2.85. The van der Waals surface area contributed by atoms with E-state index in [0.717, 1.165) is 19.3 Å². The molecule has 0 aliphatic rings. The molecule has 1 aromatic heterocycles. The molecule has 5 heteroatoms. The van der Waals surface area contributed by atoms with Gasteiger partial charge in [0, 0.05) is 6.42 Å². The largest absolute Gasteiger partial charge is 0.369 e. The third-order valence-corrected chi connectivity index (χ3v) is 1.59. The van der Waals surface area contributed by atoms with Crippen molar-refractivity contribution in [1.82, 2.24) is 10.1 Å². The SMILES string of the molecule is CCCCc1noc(CC(N)=O)n1. The summed E-state index contributed by atoms with van der Waals surface area (Å²) < 4.78 is 4.81. The number of rotatable bonds is 5. The van der Waals surface area contributed by atoms with E-state index in [1.165, 1.54) is 0 Å². The molecule has 0 aliphatic carbocycles. The van der Waals surface area contributed by atoms with Gasteiger partial charge in [-0.2, -0.15) is 4.98 Å². The van der Waals surface area contributed by atoms with Crippen molar-refractivity contribution in [3.8, 4) is 0 Å². The number of aryl methyl sites for hydroxylation is 1.